The normalized spacial score (nSPS) is 11.5. The minimum Gasteiger partial charge on any atom is -0.457 e. The minimum absolute atomic E-state index is 0.0232. The molecular weight excluding hydrogens is 356 g/mol. The third kappa shape index (κ3) is 5.33. The van der Waals surface area contributed by atoms with Crippen LogP contribution in [-0.4, -0.2) is 5.71 Å². The molecule has 0 aliphatic heterocycles. The highest BCUT2D eigenvalue weighted by Gasteiger charge is 2.14. The average Bonchev–Trinajstić information content (AvgIpc) is 2.74. The van der Waals surface area contributed by atoms with E-state index in [0.717, 1.165) is 29.9 Å². The molecule has 3 heteroatoms. The van der Waals surface area contributed by atoms with Crippen molar-refractivity contribution >= 4 is 5.71 Å². The van der Waals surface area contributed by atoms with E-state index in [1.165, 1.54) is 16.7 Å². The SMILES string of the molecule is CC[C@@H](CC#N)C(=N)c1ccc(Oc2cccc(Cc3ccccc3C)c2)cc1. The van der Waals surface area contributed by atoms with Crippen LogP contribution in [0.15, 0.2) is 72.8 Å². The Bertz CT molecular complexity index is 1020. The Labute approximate surface area is 173 Å². The molecule has 0 heterocycles. The first-order valence-electron chi connectivity index (χ1n) is 9.97. The Morgan fingerprint density at radius 1 is 1.00 bits per heavy atom. The summed E-state index contributed by atoms with van der Waals surface area (Å²) in [5.74, 6) is 1.52. The van der Waals surface area contributed by atoms with Crippen LogP contribution in [0.3, 0.4) is 0 Å². The summed E-state index contributed by atoms with van der Waals surface area (Å²) in [6, 6.07) is 26.3. The fourth-order valence-electron chi connectivity index (χ4n) is 3.38. The highest BCUT2D eigenvalue weighted by molar-refractivity contribution is 6.00. The van der Waals surface area contributed by atoms with E-state index in [2.05, 4.69) is 49.4 Å². The van der Waals surface area contributed by atoms with Crippen LogP contribution in [-0.2, 0) is 6.42 Å². The molecule has 0 aliphatic rings. The van der Waals surface area contributed by atoms with Crippen LogP contribution in [0.5, 0.6) is 11.5 Å². The number of hydrogen-bond acceptors (Lipinski definition) is 3. The summed E-state index contributed by atoms with van der Waals surface area (Å²) >= 11 is 0. The van der Waals surface area contributed by atoms with Crippen LogP contribution in [0.4, 0.5) is 0 Å². The largest absolute Gasteiger partial charge is 0.457 e. The van der Waals surface area contributed by atoms with Gasteiger partial charge in [0, 0.05) is 18.1 Å². The molecule has 0 aromatic heterocycles. The van der Waals surface area contributed by atoms with Gasteiger partial charge in [-0.25, -0.2) is 0 Å². The van der Waals surface area contributed by atoms with Crippen molar-refractivity contribution in [2.45, 2.75) is 33.1 Å². The maximum atomic E-state index is 8.94. The topological polar surface area (TPSA) is 56.9 Å². The molecule has 0 amide bonds. The van der Waals surface area contributed by atoms with E-state index >= 15 is 0 Å². The van der Waals surface area contributed by atoms with E-state index in [1.54, 1.807) is 0 Å². The average molecular weight is 383 g/mol. The molecule has 0 aliphatic carbocycles. The summed E-state index contributed by atoms with van der Waals surface area (Å²) in [5.41, 5.74) is 5.17. The summed E-state index contributed by atoms with van der Waals surface area (Å²) in [4.78, 5) is 0. The number of nitrogens with zero attached hydrogens (tertiary/aromatic N) is 1. The predicted octanol–water partition coefficient (Wildman–Crippen LogP) is 6.69. The van der Waals surface area contributed by atoms with Gasteiger partial charge >= 0.3 is 0 Å². The van der Waals surface area contributed by atoms with Crippen molar-refractivity contribution in [1.82, 2.24) is 0 Å². The van der Waals surface area contributed by atoms with Crippen LogP contribution >= 0.6 is 0 Å². The van der Waals surface area contributed by atoms with Gasteiger partial charge in [0.15, 0.2) is 0 Å². The molecule has 0 saturated heterocycles. The first-order chi connectivity index (χ1) is 14.1. The van der Waals surface area contributed by atoms with Gasteiger partial charge in [-0.3, -0.25) is 0 Å². The van der Waals surface area contributed by atoms with Gasteiger partial charge in [0.05, 0.1) is 6.07 Å². The molecule has 0 spiro atoms. The Hall–Kier alpha value is -3.38. The smallest absolute Gasteiger partial charge is 0.127 e. The maximum Gasteiger partial charge on any atom is 0.127 e. The Kier molecular flexibility index (Phi) is 6.81. The highest BCUT2D eigenvalue weighted by atomic mass is 16.5. The predicted molar refractivity (Wildman–Crippen MR) is 118 cm³/mol. The second kappa shape index (κ2) is 9.71. The maximum absolute atomic E-state index is 8.94. The van der Waals surface area contributed by atoms with Gasteiger partial charge in [-0.15, -0.1) is 0 Å². The van der Waals surface area contributed by atoms with E-state index in [4.69, 9.17) is 15.4 Å². The number of nitriles is 1. The Balaban J connectivity index is 1.70. The van der Waals surface area contributed by atoms with Gasteiger partial charge in [-0.05, 0) is 78.4 Å². The molecule has 3 rings (SSSR count). The first kappa shape index (κ1) is 20.4. The fourth-order valence-corrected chi connectivity index (χ4v) is 3.38. The molecule has 1 N–H and O–H groups in total. The number of ether oxygens (including phenoxy) is 1. The van der Waals surface area contributed by atoms with E-state index in [0.29, 0.717) is 12.1 Å². The van der Waals surface area contributed by atoms with Crippen molar-refractivity contribution in [3.05, 3.63) is 95.1 Å². The second-order valence-corrected chi connectivity index (χ2v) is 7.26. The fraction of sp³-hybridized carbons (Fsp3) is 0.231. The van der Waals surface area contributed by atoms with Crippen molar-refractivity contribution in [3.63, 3.8) is 0 Å². The standard InChI is InChI=1S/C26H26N2O/c1-3-21(15-16-27)26(28)22-11-13-24(14-12-22)29-25-10-6-8-20(18-25)17-23-9-5-4-7-19(23)2/h4-14,18,21,28H,3,15,17H2,1-2H3/t21-/m0/s1. The summed E-state index contributed by atoms with van der Waals surface area (Å²) in [6.07, 6.45) is 2.04. The quantitative estimate of drug-likeness (QED) is 0.441. The third-order valence-corrected chi connectivity index (χ3v) is 5.19. The number of rotatable bonds is 8. The highest BCUT2D eigenvalue weighted by Crippen LogP contribution is 2.25. The number of nitrogens with one attached hydrogen (secondary N) is 1. The summed E-state index contributed by atoms with van der Waals surface area (Å²) < 4.78 is 6.03. The van der Waals surface area contributed by atoms with E-state index in [1.807, 2.05) is 43.3 Å². The van der Waals surface area contributed by atoms with Crippen molar-refractivity contribution in [2.24, 2.45) is 5.92 Å². The van der Waals surface area contributed by atoms with Gasteiger partial charge in [0.25, 0.3) is 0 Å². The van der Waals surface area contributed by atoms with Crippen molar-refractivity contribution < 1.29 is 4.74 Å². The monoisotopic (exact) mass is 382 g/mol. The van der Waals surface area contributed by atoms with E-state index in [-0.39, 0.29) is 5.92 Å². The molecule has 29 heavy (non-hydrogen) atoms. The Morgan fingerprint density at radius 3 is 2.45 bits per heavy atom. The van der Waals surface area contributed by atoms with E-state index < -0.39 is 0 Å². The molecule has 1 atom stereocenters. The first-order valence-corrected chi connectivity index (χ1v) is 9.97. The van der Waals surface area contributed by atoms with E-state index in [9.17, 15) is 0 Å². The number of aryl methyl sites for hydroxylation is 1. The van der Waals surface area contributed by atoms with Gasteiger partial charge in [0.1, 0.15) is 11.5 Å². The lowest BCUT2D eigenvalue weighted by Gasteiger charge is -2.14. The molecule has 0 saturated carbocycles. The number of hydrogen-bond donors (Lipinski definition) is 1. The zero-order valence-electron chi connectivity index (χ0n) is 17.0. The molecule has 3 aromatic rings. The lowest BCUT2D eigenvalue weighted by atomic mass is 9.92. The molecule has 3 nitrogen and oxygen atoms in total. The lowest BCUT2D eigenvalue weighted by Crippen LogP contribution is -2.13. The minimum atomic E-state index is -0.0232. The number of benzene rings is 3. The summed E-state index contributed by atoms with van der Waals surface area (Å²) in [5, 5.41) is 17.3. The van der Waals surface area contributed by atoms with Crippen LogP contribution < -0.4 is 4.74 Å². The third-order valence-electron chi connectivity index (χ3n) is 5.19. The van der Waals surface area contributed by atoms with Crippen LogP contribution in [0.1, 0.15) is 42.0 Å². The van der Waals surface area contributed by atoms with Gasteiger partial charge in [0.2, 0.25) is 0 Å². The molecule has 0 fully saturated rings. The Morgan fingerprint density at radius 2 is 1.76 bits per heavy atom. The molecule has 0 radical (unpaired) electrons. The zero-order valence-corrected chi connectivity index (χ0v) is 17.0. The van der Waals surface area contributed by atoms with Crippen LogP contribution in [0.25, 0.3) is 0 Å². The van der Waals surface area contributed by atoms with Gasteiger partial charge in [-0.2, -0.15) is 5.26 Å². The molecule has 3 aromatic carbocycles. The van der Waals surface area contributed by atoms with Gasteiger partial charge in [-0.1, -0.05) is 43.3 Å². The summed E-state index contributed by atoms with van der Waals surface area (Å²) in [7, 11) is 0. The molecular formula is C26H26N2O. The van der Waals surface area contributed by atoms with Gasteiger partial charge < -0.3 is 10.1 Å². The zero-order chi connectivity index (χ0) is 20.6. The molecule has 146 valence electrons. The van der Waals surface area contributed by atoms with Crippen molar-refractivity contribution in [3.8, 4) is 17.6 Å². The van der Waals surface area contributed by atoms with Crippen LogP contribution in [0.2, 0.25) is 0 Å². The van der Waals surface area contributed by atoms with Crippen LogP contribution in [0, 0.1) is 29.6 Å². The summed E-state index contributed by atoms with van der Waals surface area (Å²) in [6.45, 7) is 4.15. The molecule has 0 unspecified atom stereocenters. The molecule has 0 bridgehead atoms. The van der Waals surface area contributed by atoms with Crippen molar-refractivity contribution in [2.75, 3.05) is 0 Å². The lowest BCUT2D eigenvalue weighted by molar-refractivity contribution is 0.482. The second-order valence-electron chi connectivity index (χ2n) is 7.26. The van der Waals surface area contributed by atoms with Crippen molar-refractivity contribution in [1.29, 1.82) is 10.7 Å².